The molecule has 0 aliphatic heterocycles. The molecule has 6 nitrogen and oxygen atoms in total. The number of para-hydroxylation sites is 1. The molecular formula is C16H17N2O4PS. The molecule has 2 heterocycles. The van der Waals surface area contributed by atoms with Gasteiger partial charge in [-0.15, -0.1) is 11.3 Å². The van der Waals surface area contributed by atoms with E-state index in [0.717, 1.165) is 10.9 Å². The van der Waals surface area contributed by atoms with Gasteiger partial charge in [0.2, 0.25) is 5.78 Å². The van der Waals surface area contributed by atoms with Crippen LogP contribution in [0.5, 0.6) is 0 Å². The predicted octanol–water partition coefficient (Wildman–Crippen LogP) is 3.03. The zero-order valence-corrected chi connectivity index (χ0v) is 14.7. The van der Waals surface area contributed by atoms with Crippen molar-refractivity contribution in [2.75, 3.05) is 0 Å². The van der Waals surface area contributed by atoms with E-state index in [0.29, 0.717) is 22.7 Å². The number of thiazole rings is 1. The number of aromatic nitrogens is 2. The molecule has 1 atom stereocenters. The summed E-state index contributed by atoms with van der Waals surface area (Å²) in [6.07, 6.45) is 1.54. The number of ketones is 1. The molecular weight excluding hydrogens is 347 g/mol. The fourth-order valence-electron chi connectivity index (χ4n) is 2.55. The Hall–Kier alpha value is -1.63. The van der Waals surface area contributed by atoms with Crippen LogP contribution < -0.4 is 0 Å². The van der Waals surface area contributed by atoms with Gasteiger partial charge >= 0.3 is 0 Å². The summed E-state index contributed by atoms with van der Waals surface area (Å²) in [5.74, 6) is -0.232. The number of nitrogens with zero attached hydrogens (tertiary/aromatic N) is 2. The molecule has 0 saturated heterocycles. The third-order valence-electron chi connectivity index (χ3n) is 3.76. The first-order valence-electron chi connectivity index (χ1n) is 7.42. The summed E-state index contributed by atoms with van der Waals surface area (Å²) >= 11 is 1.20. The van der Waals surface area contributed by atoms with Gasteiger partial charge in [-0.3, -0.25) is 4.79 Å². The van der Waals surface area contributed by atoms with Gasteiger partial charge in [0.15, 0.2) is 13.4 Å². The number of carbonyl (C=O) groups is 1. The average molecular weight is 364 g/mol. The molecule has 3 aromatic rings. The minimum Gasteiger partial charge on any atom is -0.387 e. The van der Waals surface area contributed by atoms with E-state index >= 15 is 0 Å². The number of carbonyl (C=O) groups excluding carboxylic acids is 1. The fourth-order valence-corrected chi connectivity index (χ4v) is 3.87. The normalized spacial score (nSPS) is 12.9. The van der Waals surface area contributed by atoms with Crippen LogP contribution in [-0.4, -0.2) is 30.2 Å². The minimum atomic E-state index is -2.11. The largest absolute Gasteiger partial charge is 0.387 e. The molecule has 3 rings (SSSR count). The second kappa shape index (κ2) is 7.09. The summed E-state index contributed by atoms with van der Waals surface area (Å²) in [6.45, 7) is 1.85. The highest BCUT2D eigenvalue weighted by atomic mass is 32.1. The summed E-state index contributed by atoms with van der Waals surface area (Å²) in [6, 6.07) is 7.33. The predicted molar refractivity (Wildman–Crippen MR) is 94.1 cm³/mol. The number of hydrogen-bond acceptors (Lipinski definition) is 6. The Labute approximate surface area is 143 Å². The monoisotopic (exact) mass is 364 g/mol. The Balaban J connectivity index is 2.02. The van der Waals surface area contributed by atoms with Gasteiger partial charge in [0.1, 0.15) is 0 Å². The van der Waals surface area contributed by atoms with Gasteiger partial charge in [0.05, 0.1) is 23.6 Å². The van der Waals surface area contributed by atoms with Crippen molar-refractivity contribution >= 4 is 36.4 Å². The molecule has 2 aromatic heterocycles. The molecule has 0 amide bonds. The fraction of sp³-hybridized carbons (Fsp3) is 0.250. The van der Waals surface area contributed by atoms with Crippen LogP contribution in [0.1, 0.15) is 40.5 Å². The molecule has 1 aromatic carbocycles. The summed E-state index contributed by atoms with van der Waals surface area (Å²) in [4.78, 5) is 35.7. The molecule has 0 spiro atoms. The maximum atomic E-state index is 12.8. The van der Waals surface area contributed by atoms with Crippen LogP contribution in [0.15, 0.2) is 35.8 Å². The van der Waals surface area contributed by atoms with Crippen LogP contribution in [-0.2, 0) is 6.29 Å². The Bertz CT molecular complexity index is 874. The lowest BCUT2D eigenvalue weighted by molar-refractivity contribution is 0.103. The van der Waals surface area contributed by atoms with Crippen molar-refractivity contribution in [2.24, 2.45) is 0 Å². The van der Waals surface area contributed by atoms with Crippen molar-refractivity contribution in [3.63, 3.8) is 0 Å². The van der Waals surface area contributed by atoms with E-state index in [2.05, 4.69) is 4.98 Å². The number of aliphatic hydroxyl groups excluding tert-OH is 1. The zero-order chi connectivity index (χ0) is 17.3. The van der Waals surface area contributed by atoms with E-state index < -0.39 is 14.5 Å². The van der Waals surface area contributed by atoms with E-state index in [1.54, 1.807) is 16.1 Å². The van der Waals surface area contributed by atoms with E-state index in [9.17, 15) is 19.7 Å². The van der Waals surface area contributed by atoms with Crippen LogP contribution in [0.3, 0.4) is 0 Å². The molecule has 8 heteroatoms. The number of fused-ring (bicyclic) bond motifs is 1. The van der Waals surface area contributed by atoms with Crippen LogP contribution in [0.25, 0.3) is 10.9 Å². The molecule has 24 heavy (non-hydrogen) atoms. The summed E-state index contributed by atoms with van der Waals surface area (Å²) in [7, 11) is -2.11. The number of benzene rings is 1. The molecule has 0 aliphatic carbocycles. The minimum absolute atomic E-state index is 0.0425. The number of aliphatic hydroxyl groups is 1. The van der Waals surface area contributed by atoms with Crippen LogP contribution in [0.2, 0.25) is 0 Å². The van der Waals surface area contributed by atoms with E-state index in [1.807, 2.05) is 31.2 Å². The van der Waals surface area contributed by atoms with Crippen molar-refractivity contribution in [3.05, 3.63) is 52.1 Å². The van der Waals surface area contributed by atoms with E-state index in [1.165, 1.54) is 11.3 Å². The standard InChI is InChI=1S/C16H17N2O4PS/c1-2-14(19)12-8-24-16(17-12)15(20)11-7-18(9-23(21)22)13-6-4-3-5-10(11)13/h3-8,14,19,21-22H,2,9H2,1H3. The Kier molecular flexibility index (Phi) is 5.08. The highest BCUT2D eigenvalue weighted by Gasteiger charge is 2.21. The van der Waals surface area contributed by atoms with Gasteiger partial charge in [-0.1, -0.05) is 25.1 Å². The lowest BCUT2D eigenvalue weighted by Gasteiger charge is -2.05. The quantitative estimate of drug-likeness (QED) is 0.462. The molecule has 0 aliphatic rings. The lowest BCUT2D eigenvalue weighted by Crippen LogP contribution is -2.02. The van der Waals surface area contributed by atoms with Crippen molar-refractivity contribution < 1.29 is 19.7 Å². The van der Waals surface area contributed by atoms with Gasteiger partial charge in [-0.25, -0.2) is 4.98 Å². The third kappa shape index (κ3) is 3.27. The van der Waals surface area contributed by atoms with Crippen LogP contribution in [0.4, 0.5) is 0 Å². The van der Waals surface area contributed by atoms with E-state index in [4.69, 9.17) is 0 Å². The topological polar surface area (TPSA) is 95.6 Å². The van der Waals surface area contributed by atoms with Crippen LogP contribution in [0, 0.1) is 0 Å². The second-order valence-corrected chi connectivity index (χ2v) is 7.26. The van der Waals surface area contributed by atoms with Gasteiger partial charge in [0.25, 0.3) is 0 Å². The second-order valence-electron chi connectivity index (χ2n) is 5.37. The Morgan fingerprint density at radius 3 is 2.83 bits per heavy atom. The van der Waals surface area contributed by atoms with Crippen molar-refractivity contribution in [3.8, 4) is 0 Å². The molecule has 126 valence electrons. The van der Waals surface area contributed by atoms with Crippen LogP contribution >= 0.6 is 19.7 Å². The van der Waals surface area contributed by atoms with E-state index in [-0.39, 0.29) is 12.1 Å². The SMILES string of the molecule is CCC(O)c1csc(C(=O)c2cn(CP(O)O)c3ccccc23)n1. The number of hydrogen-bond donors (Lipinski definition) is 3. The first kappa shape index (κ1) is 17.2. The molecule has 1 unspecified atom stereocenters. The van der Waals surface area contributed by atoms with Gasteiger partial charge in [0, 0.05) is 22.5 Å². The van der Waals surface area contributed by atoms with Crippen molar-refractivity contribution in [2.45, 2.75) is 25.7 Å². The first-order valence-corrected chi connectivity index (χ1v) is 9.73. The summed E-state index contributed by atoms with van der Waals surface area (Å²) in [5.41, 5.74) is 1.74. The van der Waals surface area contributed by atoms with Gasteiger partial charge < -0.3 is 19.5 Å². The first-order chi connectivity index (χ1) is 11.5. The average Bonchev–Trinajstić information content (AvgIpc) is 3.19. The molecule has 0 radical (unpaired) electrons. The Morgan fingerprint density at radius 2 is 2.12 bits per heavy atom. The third-order valence-corrected chi connectivity index (χ3v) is 5.17. The molecule has 0 saturated carbocycles. The van der Waals surface area contributed by atoms with Gasteiger partial charge in [-0.2, -0.15) is 0 Å². The highest BCUT2D eigenvalue weighted by Crippen LogP contribution is 2.32. The Morgan fingerprint density at radius 1 is 1.38 bits per heavy atom. The summed E-state index contributed by atoms with van der Waals surface area (Å²) < 4.78 is 1.67. The van der Waals surface area contributed by atoms with Crippen molar-refractivity contribution in [1.29, 1.82) is 0 Å². The maximum absolute atomic E-state index is 12.8. The van der Waals surface area contributed by atoms with Gasteiger partial charge in [-0.05, 0) is 12.5 Å². The summed E-state index contributed by atoms with van der Waals surface area (Å²) in [5, 5.41) is 12.6. The lowest BCUT2D eigenvalue weighted by atomic mass is 10.1. The smallest absolute Gasteiger partial charge is 0.223 e. The maximum Gasteiger partial charge on any atom is 0.223 e. The zero-order valence-electron chi connectivity index (χ0n) is 13.0. The molecule has 3 N–H and O–H groups in total. The van der Waals surface area contributed by atoms with Crippen molar-refractivity contribution in [1.82, 2.24) is 9.55 Å². The highest BCUT2D eigenvalue weighted by molar-refractivity contribution is 7.43. The molecule has 0 bridgehead atoms. The number of rotatable bonds is 6. The molecule has 0 fully saturated rings.